The molecule has 0 unspecified atom stereocenters. The summed E-state index contributed by atoms with van der Waals surface area (Å²) in [6.07, 6.45) is 0. The topological polar surface area (TPSA) is 60.9 Å². The van der Waals surface area contributed by atoms with Gasteiger partial charge in [-0.3, -0.25) is 9.36 Å². The molecule has 2 N–H and O–H groups in total. The molecule has 2 aromatic carbocycles. The number of benzene rings is 2. The van der Waals surface area contributed by atoms with Crippen LogP contribution in [0.3, 0.4) is 0 Å². The number of imidazole rings is 1. The van der Waals surface area contributed by atoms with Crippen LogP contribution < -0.4 is 5.73 Å². The highest BCUT2D eigenvalue weighted by molar-refractivity contribution is 6.36. The van der Waals surface area contributed by atoms with Crippen molar-refractivity contribution in [2.45, 2.75) is 6.92 Å². The number of carbonyl (C=O) groups excluding carboxylic acids is 1. The SMILES string of the molecule is Cc1c(C(N)=O)nc(-c2ccc(Cl)cc2Cl)n1-c1ccc(Cl)cc1. The van der Waals surface area contributed by atoms with E-state index in [0.29, 0.717) is 32.1 Å². The first kappa shape index (κ1) is 16.8. The Bertz CT molecular complexity index is 933. The predicted octanol–water partition coefficient (Wildman–Crippen LogP) is 4.91. The van der Waals surface area contributed by atoms with Crippen LogP contribution >= 0.6 is 34.8 Å². The molecule has 0 saturated carbocycles. The minimum Gasteiger partial charge on any atom is -0.364 e. The first-order valence-corrected chi connectivity index (χ1v) is 8.12. The number of hydrogen-bond acceptors (Lipinski definition) is 2. The molecule has 3 aromatic rings. The van der Waals surface area contributed by atoms with Crippen LogP contribution in [0.1, 0.15) is 16.2 Å². The molecular formula is C17H12Cl3N3O. The Labute approximate surface area is 153 Å². The molecule has 0 radical (unpaired) electrons. The number of rotatable bonds is 3. The lowest BCUT2D eigenvalue weighted by molar-refractivity contribution is 0.0995. The van der Waals surface area contributed by atoms with Crippen LogP contribution in [0.25, 0.3) is 17.1 Å². The van der Waals surface area contributed by atoms with E-state index in [4.69, 9.17) is 40.5 Å². The van der Waals surface area contributed by atoms with Crippen LogP contribution in [0.15, 0.2) is 42.5 Å². The van der Waals surface area contributed by atoms with Crippen molar-refractivity contribution in [2.75, 3.05) is 0 Å². The van der Waals surface area contributed by atoms with E-state index in [1.165, 1.54) is 0 Å². The summed E-state index contributed by atoms with van der Waals surface area (Å²) in [6, 6.07) is 12.3. The van der Waals surface area contributed by atoms with E-state index in [-0.39, 0.29) is 5.69 Å². The lowest BCUT2D eigenvalue weighted by Crippen LogP contribution is -2.13. The molecule has 1 heterocycles. The third-order valence-electron chi connectivity index (χ3n) is 3.60. The van der Waals surface area contributed by atoms with Crippen LogP contribution in [-0.2, 0) is 0 Å². The monoisotopic (exact) mass is 379 g/mol. The van der Waals surface area contributed by atoms with Gasteiger partial charge in [-0.05, 0) is 49.4 Å². The fraction of sp³-hybridized carbons (Fsp3) is 0.0588. The van der Waals surface area contributed by atoms with Crippen LogP contribution in [0.5, 0.6) is 0 Å². The largest absolute Gasteiger partial charge is 0.364 e. The minimum absolute atomic E-state index is 0.186. The Hall–Kier alpha value is -2.01. The van der Waals surface area contributed by atoms with Gasteiger partial charge in [-0.15, -0.1) is 0 Å². The highest BCUT2D eigenvalue weighted by atomic mass is 35.5. The number of primary amides is 1. The van der Waals surface area contributed by atoms with Crippen LogP contribution in [-0.4, -0.2) is 15.5 Å². The zero-order valence-corrected chi connectivity index (χ0v) is 14.8. The van der Waals surface area contributed by atoms with Crippen LogP contribution in [0.4, 0.5) is 0 Å². The van der Waals surface area contributed by atoms with Crippen molar-refractivity contribution < 1.29 is 4.79 Å². The van der Waals surface area contributed by atoms with Gasteiger partial charge in [0, 0.05) is 21.3 Å². The second kappa shape index (κ2) is 6.48. The number of carbonyl (C=O) groups is 1. The lowest BCUT2D eigenvalue weighted by atomic mass is 10.2. The number of amides is 1. The summed E-state index contributed by atoms with van der Waals surface area (Å²) in [5.74, 6) is -0.100. The average Bonchev–Trinajstić information content (AvgIpc) is 2.86. The number of nitrogens with zero attached hydrogens (tertiary/aromatic N) is 2. The fourth-order valence-electron chi connectivity index (χ4n) is 2.49. The van der Waals surface area contributed by atoms with E-state index in [2.05, 4.69) is 4.98 Å². The summed E-state index contributed by atoms with van der Waals surface area (Å²) in [6.45, 7) is 1.77. The number of halogens is 3. The van der Waals surface area contributed by atoms with Crippen molar-refractivity contribution in [2.24, 2.45) is 5.73 Å². The summed E-state index contributed by atoms with van der Waals surface area (Å²) in [7, 11) is 0. The van der Waals surface area contributed by atoms with Gasteiger partial charge in [-0.1, -0.05) is 34.8 Å². The van der Waals surface area contributed by atoms with Crippen molar-refractivity contribution in [1.29, 1.82) is 0 Å². The van der Waals surface area contributed by atoms with Crippen molar-refractivity contribution in [3.05, 3.63) is 68.9 Å². The molecule has 4 nitrogen and oxygen atoms in total. The quantitative estimate of drug-likeness (QED) is 0.702. The Kier molecular flexibility index (Phi) is 4.54. The molecule has 0 atom stereocenters. The van der Waals surface area contributed by atoms with Crippen molar-refractivity contribution in [1.82, 2.24) is 9.55 Å². The number of hydrogen-bond donors (Lipinski definition) is 1. The molecule has 0 spiro atoms. The molecule has 24 heavy (non-hydrogen) atoms. The van der Waals surface area contributed by atoms with Crippen molar-refractivity contribution in [3.8, 4) is 17.1 Å². The van der Waals surface area contributed by atoms with E-state index < -0.39 is 5.91 Å². The van der Waals surface area contributed by atoms with Gasteiger partial charge in [0.2, 0.25) is 0 Å². The Morgan fingerprint density at radius 1 is 1.04 bits per heavy atom. The van der Waals surface area contributed by atoms with E-state index >= 15 is 0 Å². The second-order valence-corrected chi connectivity index (χ2v) is 6.45. The molecule has 0 aliphatic heterocycles. The third kappa shape index (κ3) is 3.00. The Morgan fingerprint density at radius 2 is 1.67 bits per heavy atom. The van der Waals surface area contributed by atoms with Crippen LogP contribution in [0, 0.1) is 6.92 Å². The maximum atomic E-state index is 11.7. The van der Waals surface area contributed by atoms with Gasteiger partial charge >= 0.3 is 0 Å². The summed E-state index contributed by atoms with van der Waals surface area (Å²) in [5, 5.41) is 1.55. The van der Waals surface area contributed by atoms with E-state index in [1.807, 2.05) is 16.7 Å². The predicted molar refractivity (Wildman–Crippen MR) is 97.3 cm³/mol. The van der Waals surface area contributed by atoms with Gasteiger partial charge in [0.05, 0.1) is 10.7 Å². The van der Waals surface area contributed by atoms with Gasteiger partial charge in [0.1, 0.15) is 11.5 Å². The molecule has 7 heteroatoms. The highest BCUT2D eigenvalue weighted by Crippen LogP contribution is 2.33. The maximum absolute atomic E-state index is 11.7. The number of nitrogens with two attached hydrogens (primary N) is 1. The zero-order chi connectivity index (χ0) is 17.4. The average molecular weight is 381 g/mol. The van der Waals surface area contributed by atoms with Gasteiger partial charge in [-0.2, -0.15) is 0 Å². The van der Waals surface area contributed by atoms with Gasteiger partial charge in [0.25, 0.3) is 5.91 Å². The zero-order valence-electron chi connectivity index (χ0n) is 12.6. The van der Waals surface area contributed by atoms with Gasteiger partial charge in [0.15, 0.2) is 0 Å². The molecule has 0 aliphatic carbocycles. The molecular weight excluding hydrogens is 369 g/mol. The molecule has 0 fully saturated rings. The third-order valence-corrected chi connectivity index (χ3v) is 4.40. The summed E-state index contributed by atoms with van der Waals surface area (Å²) in [5.41, 5.74) is 7.69. The molecule has 0 aliphatic rings. The first-order chi connectivity index (χ1) is 11.4. The molecule has 0 saturated heterocycles. The summed E-state index contributed by atoms with van der Waals surface area (Å²) < 4.78 is 1.81. The molecule has 1 aromatic heterocycles. The van der Waals surface area contributed by atoms with Crippen molar-refractivity contribution in [3.63, 3.8) is 0 Å². The normalized spacial score (nSPS) is 10.8. The molecule has 3 rings (SSSR count). The second-order valence-electron chi connectivity index (χ2n) is 5.17. The van der Waals surface area contributed by atoms with Gasteiger partial charge < -0.3 is 5.73 Å². The standard InChI is InChI=1S/C17H12Cl3N3O/c1-9-15(16(21)24)22-17(13-7-4-11(19)8-14(13)20)23(9)12-5-2-10(18)3-6-12/h2-8H,1H3,(H2,21,24). The Balaban J connectivity index is 2.30. The number of aromatic nitrogens is 2. The molecule has 0 bridgehead atoms. The van der Waals surface area contributed by atoms with E-state index in [0.717, 1.165) is 5.69 Å². The highest BCUT2D eigenvalue weighted by Gasteiger charge is 2.21. The van der Waals surface area contributed by atoms with Crippen molar-refractivity contribution >= 4 is 40.7 Å². The first-order valence-electron chi connectivity index (χ1n) is 6.99. The Morgan fingerprint density at radius 3 is 2.25 bits per heavy atom. The summed E-state index contributed by atoms with van der Waals surface area (Å²) >= 11 is 18.2. The maximum Gasteiger partial charge on any atom is 0.269 e. The fourth-order valence-corrected chi connectivity index (χ4v) is 3.11. The summed E-state index contributed by atoms with van der Waals surface area (Å²) in [4.78, 5) is 16.1. The van der Waals surface area contributed by atoms with E-state index in [1.54, 1.807) is 37.3 Å². The molecule has 1 amide bonds. The minimum atomic E-state index is -0.605. The van der Waals surface area contributed by atoms with Crippen LogP contribution in [0.2, 0.25) is 15.1 Å². The van der Waals surface area contributed by atoms with Gasteiger partial charge in [-0.25, -0.2) is 4.98 Å². The smallest absolute Gasteiger partial charge is 0.269 e. The van der Waals surface area contributed by atoms with E-state index in [9.17, 15) is 4.79 Å². The lowest BCUT2D eigenvalue weighted by Gasteiger charge is -2.11. The molecule has 122 valence electrons.